The molecule has 1 amide bonds. The highest BCUT2D eigenvalue weighted by molar-refractivity contribution is 5.84. The first-order chi connectivity index (χ1) is 11.0. The van der Waals surface area contributed by atoms with E-state index in [2.05, 4.69) is 24.1 Å². The van der Waals surface area contributed by atoms with E-state index in [1.807, 2.05) is 61.5 Å². The van der Waals surface area contributed by atoms with Crippen LogP contribution in [0.4, 0.5) is 5.82 Å². The lowest BCUT2D eigenvalue weighted by molar-refractivity contribution is -0.123. The first-order valence-electron chi connectivity index (χ1n) is 7.94. The number of rotatable bonds is 6. The summed E-state index contributed by atoms with van der Waals surface area (Å²) in [5, 5.41) is 3.07. The largest absolute Gasteiger partial charge is 0.362 e. The number of pyridine rings is 1. The molecule has 122 valence electrons. The highest BCUT2D eigenvalue weighted by Crippen LogP contribution is 2.25. The molecule has 0 radical (unpaired) electrons. The van der Waals surface area contributed by atoms with E-state index in [1.165, 1.54) is 0 Å². The Bertz CT molecular complexity index is 638. The van der Waals surface area contributed by atoms with Gasteiger partial charge in [0.2, 0.25) is 5.91 Å². The molecule has 23 heavy (non-hydrogen) atoms. The van der Waals surface area contributed by atoms with Crippen LogP contribution in [0.15, 0.2) is 48.7 Å². The zero-order valence-corrected chi connectivity index (χ0v) is 14.3. The number of nitrogens with zero attached hydrogens (tertiary/aromatic N) is 2. The Morgan fingerprint density at radius 3 is 2.43 bits per heavy atom. The lowest BCUT2D eigenvalue weighted by Crippen LogP contribution is -2.32. The van der Waals surface area contributed by atoms with E-state index in [-0.39, 0.29) is 17.7 Å². The van der Waals surface area contributed by atoms with Gasteiger partial charge < -0.3 is 10.2 Å². The summed E-state index contributed by atoms with van der Waals surface area (Å²) in [5.41, 5.74) is 2.07. The number of nitrogens with one attached hydrogen (secondary N) is 1. The third kappa shape index (κ3) is 4.31. The molecule has 1 aromatic heterocycles. The number of anilines is 1. The van der Waals surface area contributed by atoms with Crippen LogP contribution in [0.25, 0.3) is 0 Å². The van der Waals surface area contributed by atoms with E-state index in [9.17, 15) is 4.79 Å². The van der Waals surface area contributed by atoms with Crippen LogP contribution in [0, 0.1) is 5.92 Å². The number of aromatic nitrogens is 1. The zero-order valence-electron chi connectivity index (χ0n) is 14.3. The summed E-state index contributed by atoms with van der Waals surface area (Å²) in [5.74, 6) is 1.03. The van der Waals surface area contributed by atoms with E-state index in [0.717, 1.165) is 16.9 Å². The van der Waals surface area contributed by atoms with Gasteiger partial charge in [-0.15, -0.1) is 0 Å². The molecule has 1 heterocycles. The van der Waals surface area contributed by atoms with E-state index < -0.39 is 0 Å². The number of hydrogen-bond acceptors (Lipinski definition) is 3. The molecule has 0 saturated carbocycles. The van der Waals surface area contributed by atoms with E-state index in [1.54, 1.807) is 6.20 Å². The fourth-order valence-electron chi connectivity index (χ4n) is 2.76. The number of amides is 1. The smallest absolute Gasteiger partial charge is 0.228 e. The van der Waals surface area contributed by atoms with Crippen LogP contribution in [-0.4, -0.2) is 25.0 Å². The van der Waals surface area contributed by atoms with Crippen LogP contribution < -0.4 is 10.2 Å². The number of carbonyl (C=O) groups is 1. The van der Waals surface area contributed by atoms with Gasteiger partial charge in [-0.3, -0.25) is 4.79 Å². The van der Waals surface area contributed by atoms with Gasteiger partial charge in [0.25, 0.3) is 0 Å². The summed E-state index contributed by atoms with van der Waals surface area (Å²) < 4.78 is 0. The van der Waals surface area contributed by atoms with Gasteiger partial charge in [-0.2, -0.15) is 0 Å². The Balaban J connectivity index is 2.12. The van der Waals surface area contributed by atoms with Crippen molar-refractivity contribution >= 4 is 11.7 Å². The molecule has 0 unspecified atom stereocenters. The van der Waals surface area contributed by atoms with Crippen molar-refractivity contribution in [3.05, 3.63) is 59.8 Å². The minimum absolute atomic E-state index is 0.0553. The lowest BCUT2D eigenvalue weighted by Gasteiger charge is -2.22. The predicted octanol–water partition coefficient (Wildman–Crippen LogP) is 3.20. The van der Waals surface area contributed by atoms with Crippen molar-refractivity contribution in [1.82, 2.24) is 10.3 Å². The van der Waals surface area contributed by atoms with E-state index >= 15 is 0 Å². The molecule has 0 aliphatic rings. The van der Waals surface area contributed by atoms with E-state index in [0.29, 0.717) is 6.54 Å². The Morgan fingerprint density at radius 2 is 1.83 bits per heavy atom. The summed E-state index contributed by atoms with van der Waals surface area (Å²) >= 11 is 0. The highest BCUT2D eigenvalue weighted by Gasteiger charge is 2.23. The van der Waals surface area contributed by atoms with Crippen LogP contribution in [0.2, 0.25) is 0 Å². The van der Waals surface area contributed by atoms with Gasteiger partial charge in [-0.25, -0.2) is 4.98 Å². The molecule has 1 aromatic carbocycles. The maximum Gasteiger partial charge on any atom is 0.228 e. The minimum atomic E-state index is -0.143. The first-order valence-corrected chi connectivity index (χ1v) is 7.94. The number of carbonyl (C=O) groups excluding carboxylic acids is 1. The standard InChI is InChI=1S/C19H25N3O/c1-14(2)17(15-9-6-5-7-10-15)19(23)21-13-16-11-8-12-20-18(16)22(3)4/h5-12,14,17H,13H2,1-4H3,(H,21,23)/t17-/m0/s1. The maximum absolute atomic E-state index is 12.7. The summed E-state index contributed by atoms with van der Waals surface area (Å²) in [4.78, 5) is 19.0. The Labute approximate surface area is 138 Å². The van der Waals surface area contributed by atoms with Crippen molar-refractivity contribution in [2.45, 2.75) is 26.3 Å². The van der Waals surface area contributed by atoms with Gasteiger partial charge in [-0.1, -0.05) is 50.2 Å². The molecule has 0 aliphatic carbocycles. The Kier molecular flexibility index (Phi) is 5.74. The Hall–Kier alpha value is -2.36. The second kappa shape index (κ2) is 7.77. The fraction of sp³-hybridized carbons (Fsp3) is 0.368. The first kappa shape index (κ1) is 17.0. The fourth-order valence-corrected chi connectivity index (χ4v) is 2.76. The molecule has 0 fully saturated rings. The van der Waals surface area contributed by atoms with Crippen molar-refractivity contribution in [3.8, 4) is 0 Å². The number of hydrogen-bond donors (Lipinski definition) is 1. The average molecular weight is 311 g/mol. The monoisotopic (exact) mass is 311 g/mol. The van der Waals surface area contributed by atoms with Crippen LogP contribution in [0.3, 0.4) is 0 Å². The zero-order chi connectivity index (χ0) is 16.8. The second-order valence-electron chi connectivity index (χ2n) is 6.23. The van der Waals surface area contributed by atoms with Gasteiger partial charge in [0.05, 0.1) is 5.92 Å². The van der Waals surface area contributed by atoms with Crippen molar-refractivity contribution in [2.24, 2.45) is 5.92 Å². The van der Waals surface area contributed by atoms with Gasteiger partial charge in [0, 0.05) is 32.4 Å². The second-order valence-corrected chi connectivity index (χ2v) is 6.23. The van der Waals surface area contributed by atoms with Crippen molar-refractivity contribution in [1.29, 1.82) is 0 Å². The quantitative estimate of drug-likeness (QED) is 0.891. The molecule has 0 bridgehead atoms. The third-order valence-electron chi connectivity index (χ3n) is 3.85. The molecular weight excluding hydrogens is 286 g/mol. The molecule has 2 rings (SSSR count). The van der Waals surface area contributed by atoms with Crippen LogP contribution in [0.1, 0.15) is 30.9 Å². The van der Waals surface area contributed by atoms with Crippen LogP contribution in [0.5, 0.6) is 0 Å². The average Bonchev–Trinajstić information content (AvgIpc) is 2.54. The maximum atomic E-state index is 12.7. The van der Waals surface area contributed by atoms with Gasteiger partial charge in [0.1, 0.15) is 5.82 Å². The van der Waals surface area contributed by atoms with Crippen LogP contribution >= 0.6 is 0 Å². The van der Waals surface area contributed by atoms with Crippen molar-refractivity contribution < 1.29 is 4.79 Å². The summed E-state index contributed by atoms with van der Waals surface area (Å²) in [7, 11) is 3.91. The number of benzene rings is 1. The summed E-state index contributed by atoms with van der Waals surface area (Å²) in [6.45, 7) is 4.63. The van der Waals surface area contributed by atoms with Crippen molar-refractivity contribution in [2.75, 3.05) is 19.0 Å². The molecular formula is C19H25N3O. The lowest BCUT2D eigenvalue weighted by atomic mass is 9.87. The normalized spacial score (nSPS) is 12.0. The SMILES string of the molecule is CC(C)[C@H](C(=O)NCc1cccnc1N(C)C)c1ccccc1. The topological polar surface area (TPSA) is 45.2 Å². The predicted molar refractivity (Wildman–Crippen MR) is 94.4 cm³/mol. The molecule has 0 spiro atoms. The molecule has 1 atom stereocenters. The molecule has 2 aromatic rings. The molecule has 4 nitrogen and oxygen atoms in total. The third-order valence-corrected chi connectivity index (χ3v) is 3.85. The summed E-state index contributed by atoms with van der Waals surface area (Å²) in [6, 6.07) is 13.8. The van der Waals surface area contributed by atoms with E-state index in [4.69, 9.17) is 0 Å². The molecule has 0 saturated heterocycles. The minimum Gasteiger partial charge on any atom is -0.362 e. The van der Waals surface area contributed by atoms with Crippen LogP contribution in [-0.2, 0) is 11.3 Å². The molecule has 0 aliphatic heterocycles. The molecule has 4 heteroatoms. The van der Waals surface area contributed by atoms with Gasteiger partial charge in [-0.05, 0) is 17.5 Å². The van der Waals surface area contributed by atoms with Gasteiger partial charge >= 0.3 is 0 Å². The summed E-state index contributed by atoms with van der Waals surface area (Å²) in [6.07, 6.45) is 1.77. The van der Waals surface area contributed by atoms with Gasteiger partial charge in [0.15, 0.2) is 0 Å². The van der Waals surface area contributed by atoms with Crippen molar-refractivity contribution in [3.63, 3.8) is 0 Å². The molecule has 1 N–H and O–H groups in total. The Morgan fingerprint density at radius 1 is 1.13 bits per heavy atom. The highest BCUT2D eigenvalue weighted by atomic mass is 16.1.